The van der Waals surface area contributed by atoms with Crippen molar-refractivity contribution >= 4 is 28.6 Å². The largest absolute Gasteiger partial charge is 0.467 e. The lowest BCUT2D eigenvalue weighted by Crippen LogP contribution is -2.31. The van der Waals surface area contributed by atoms with Crippen molar-refractivity contribution in [1.29, 1.82) is 0 Å². The molecule has 27 heavy (non-hydrogen) atoms. The molecule has 0 aliphatic carbocycles. The van der Waals surface area contributed by atoms with Gasteiger partial charge in [-0.3, -0.25) is 4.79 Å². The first kappa shape index (κ1) is 17.7. The van der Waals surface area contributed by atoms with Gasteiger partial charge in [0.1, 0.15) is 10.8 Å². The van der Waals surface area contributed by atoms with Crippen LogP contribution in [0.25, 0.3) is 9.88 Å². The first-order valence-corrected chi connectivity index (χ1v) is 10.4. The van der Waals surface area contributed by atoms with Crippen LogP contribution in [0.3, 0.4) is 0 Å². The maximum Gasteiger partial charge on any atom is 0.229 e. The Morgan fingerprint density at radius 3 is 2.63 bits per heavy atom. The molecule has 4 rings (SSSR count). The number of nitrogens with zero attached hydrogens (tertiary/aromatic N) is 2. The maximum atomic E-state index is 13.0. The van der Waals surface area contributed by atoms with E-state index in [9.17, 15) is 4.79 Å². The molecule has 1 amide bonds. The Morgan fingerprint density at radius 1 is 1.00 bits per heavy atom. The van der Waals surface area contributed by atoms with Gasteiger partial charge in [-0.1, -0.05) is 36.4 Å². The van der Waals surface area contributed by atoms with E-state index in [-0.39, 0.29) is 12.3 Å². The highest BCUT2D eigenvalue weighted by Gasteiger charge is 2.18. The maximum absolute atomic E-state index is 13.0. The fourth-order valence-corrected chi connectivity index (χ4v) is 4.43. The van der Waals surface area contributed by atoms with Crippen LogP contribution >= 0.6 is 22.7 Å². The second-order valence-corrected chi connectivity index (χ2v) is 7.92. The topological polar surface area (TPSA) is 46.3 Å². The third-order valence-corrected chi connectivity index (χ3v) is 6.04. The predicted molar refractivity (Wildman–Crippen MR) is 109 cm³/mol. The number of aromatic nitrogens is 1. The van der Waals surface area contributed by atoms with E-state index in [0.29, 0.717) is 13.1 Å². The number of hydrogen-bond donors (Lipinski definition) is 0. The Labute approximate surface area is 165 Å². The number of carbonyl (C=O) groups excluding carboxylic acids is 1. The molecule has 0 fully saturated rings. The third kappa shape index (κ3) is 4.53. The molecule has 3 heterocycles. The minimum atomic E-state index is 0.0401. The minimum absolute atomic E-state index is 0.0401. The van der Waals surface area contributed by atoms with E-state index in [1.54, 1.807) is 28.9 Å². The number of rotatable bonds is 7. The lowest BCUT2D eigenvalue weighted by Gasteiger charge is -2.21. The Morgan fingerprint density at radius 2 is 1.89 bits per heavy atom. The van der Waals surface area contributed by atoms with Gasteiger partial charge < -0.3 is 9.32 Å². The zero-order valence-electron chi connectivity index (χ0n) is 14.6. The van der Waals surface area contributed by atoms with Crippen molar-refractivity contribution in [2.75, 3.05) is 0 Å². The molecule has 0 saturated heterocycles. The Bertz CT molecular complexity index is 977. The molecule has 0 unspecified atom stereocenters. The summed E-state index contributed by atoms with van der Waals surface area (Å²) in [5.74, 6) is 0.815. The van der Waals surface area contributed by atoms with Crippen LogP contribution < -0.4 is 0 Å². The summed E-state index contributed by atoms with van der Waals surface area (Å²) in [4.78, 5) is 20.6. The molecule has 6 heteroatoms. The van der Waals surface area contributed by atoms with E-state index in [2.05, 4.69) is 4.98 Å². The third-order valence-electron chi connectivity index (χ3n) is 4.11. The first-order chi connectivity index (χ1) is 13.3. The molecular formula is C21H18N2O2S2. The van der Waals surface area contributed by atoms with Crippen molar-refractivity contribution in [2.24, 2.45) is 0 Å². The summed E-state index contributed by atoms with van der Waals surface area (Å²) < 4.78 is 5.45. The summed E-state index contributed by atoms with van der Waals surface area (Å²) in [5, 5.41) is 4.97. The summed E-state index contributed by atoms with van der Waals surface area (Å²) in [6, 6.07) is 17.8. The van der Waals surface area contributed by atoms with Gasteiger partial charge in [-0.25, -0.2) is 4.98 Å². The van der Waals surface area contributed by atoms with Gasteiger partial charge in [0.25, 0.3) is 0 Å². The quantitative estimate of drug-likeness (QED) is 0.431. The molecule has 4 aromatic rings. The highest BCUT2D eigenvalue weighted by molar-refractivity contribution is 7.20. The minimum Gasteiger partial charge on any atom is -0.467 e. The number of furan rings is 1. The highest BCUT2D eigenvalue weighted by atomic mass is 32.1. The molecule has 0 aliphatic rings. The molecule has 0 bridgehead atoms. The van der Waals surface area contributed by atoms with Crippen molar-refractivity contribution in [1.82, 2.24) is 9.88 Å². The highest BCUT2D eigenvalue weighted by Crippen LogP contribution is 2.28. The molecule has 1 aromatic carbocycles. The number of benzene rings is 1. The van der Waals surface area contributed by atoms with Crippen molar-refractivity contribution in [2.45, 2.75) is 19.5 Å². The summed E-state index contributed by atoms with van der Waals surface area (Å²) in [6.45, 7) is 0.991. The molecule has 0 spiro atoms. The molecule has 0 N–H and O–H groups in total. The molecule has 4 nitrogen and oxygen atoms in total. The number of thiophene rings is 1. The summed E-state index contributed by atoms with van der Waals surface area (Å²) >= 11 is 3.24. The van der Waals surface area contributed by atoms with Gasteiger partial charge >= 0.3 is 0 Å². The van der Waals surface area contributed by atoms with Crippen LogP contribution in [-0.4, -0.2) is 15.8 Å². The van der Waals surface area contributed by atoms with Crippen LogP contribution in [-0.2, 0) is 24.3 Å². The van der Waals surface area contributed by atoms with E-state index < -0.39 is 0 Å². The summed E-state index contributed by atoms with van der Waals surface area (Å²) in [6.07, 6.45) is 1.92. The first-order valence-electron chi connectivity index (χ1n) is 8.60. The number of carbonyl (C=O) groups is 1. The summed E-state index contributed by atoms with van der Waals surface area (Å²) in [7, 11) is 0. The van der Waals surface area contributed by atoms with Gasteiger partial charge in [0, 0.05) is 11.9 Å². The standard InChI is InChI=1S/C21H18N2O2S2/c24-20(12-17-15-27-21(22-17)19-9-5-11-26-19)23(14-18-8-4-10-25-18)13-16-6-2-1-3-7-16/h1-11,15H,12-14H2. The fourth-order valence-electron chi connectivity index (χ4n) is 2.80. The zero-order chi connectivity index (χ0) is 18.5. The average molecular weight is 395 g/mol. The molecule has 0 aliphatic heterocycles. The number of hydrogen-bond acceptors (Lipinski definition) is 5. The zero-order valence-corrected chi connectivity index (χ0v) is 16.2. The fraction of sp³-hybridized carbons (Fsp3) is 0.143. The van der Waals surface area contributed by atoms with E-state index in [4.69, 9.17) is 4.42 Å². The Balaban J connectivity index is 1.49. The molecular weight excluding hydrogens is 376 g/mol. The van der Waals surface area contributed by atoms with Crippen molar-refractivity contribution in [3.05, 3.63) is 88.6 Å². The Kier molecular flexibility index (Phi) is 5.46. The smallest absolute Gasteiger partial charge is 0.229 e. The lowest BCUT2D eigenvalue weighted by molar-refractivity contribution is -0.132. The van der Waals surface area contributed by atoms with Crippen LogP contribution in [0.5, 0.6) is 0 Å². The molecule has 3 aromatic heterocycles. The normalized spacial score (nSPS) is 10.8. The summed E-state index contributed by atoms with van der Waals surface area (Å²) in [5.41, 5.74) is 1.90. The van der Waals surface area contributed by atoms with Gasteiger partial charge in [0.2, 0.25) is 5.91 Å². The van der Waals surface area contributed by atoms with Crippen LogP contribution in [0.4, 0.5) is 0 Å². The molecule has 0 atom stereocenters. The van der Waals surface area contributed by atoms with Crippen LogP contribution in [0.15, 0.2) is 76.0 Å². The van der Waals surface area contributed by atoms with Gasteiger partial charge in [-0.2, -0.15) is 0 Å². The average Bonchev–Trinajstić information content (AvgIpc) is 3.44. The van der Waals surface area contributed by atoms with E-state index in [0.717, 1.165) is 26.9 Å². The van der Waals surface area contributed by atoms with E-state index in [1.807, 2.05) is 70.3 Å². The molecule has 136 valence electrons. The van der Waals surface area contributed by atoms with Gasteiger partial charge in [-0.15, -0.1) is 22.7 Å². The van der Waals surface area contributed by atoms with Gasteiger partial charge in [0.05, 0.1) is 29.8 Å². The molecule has 0 radical (unpaired) electrons. The van der Waals surface area contributed by atoms with Crippen molar-refractivity contribution < 1.29 is 9.21 Å². The van der Waals surface area contributed by atoms with Crippen molar-refractivity contribution in [3.63, 3.8) is 0 Å². The van der Waals surface area contributed by atoms with E-state index >= 15 is 0 Å². The second kappa shape index (κ2) is 8.33. The monoisotopic (exact) mass is 394 g/mol. The van der Waals surface area contributed by atoms with Crippen LogP contribution in [0.1, 0.15) is 17.0 Å². The lowest BCUT2D eigenvalue weighted by atomic mass is 10.2. The van der Waals surface area contributed by atoms with Gasteiger partial charge in [0.15, 0.2) is 0 Å². The Hall–Kier alpha value is -2.70. The van der Waals surface area contributed by atoms with Gasteiger partial charge in [-0.05, 0) is 29.1 Å². The van der Waals surface area contributed by atoms with Crippen LogP contribution in [0.2, 0.25) is 0 Å². The van der Waals surface area contributed by atoms with Crippen LogP contribution in [0, 0.1) is 0 Å². The van der Waals surface area contributed by atoms with E-state index in [1.165, 1.54) is 0 Å². The predicted octanol–water partition coefficient (Wildman–Crippen LogP) is 5.24. The SMILES string of the molecule is O=C(Cc1csc(-c2cccs2)n1)N(Cc1ccccc1)Cc1ccco1. The molecule has 0 saturated carbocycles. The number of thiazole rings is 1. The van der Waals surface area contributed by atoms with Crippen molar-refractivity contribution in [3.8, 4) is 9.88 Å². The number of amides is 1. The second-order valence-electron chi connectivity index (χ2n) is 6.11.